The number of fused-ring (bicyclic) bond motifs is 1. The minimum Gasteiger partial charge on any atom is -0.366 e. The average molecular weight is 492 g/mol. The number of aromatic nitrogens is 3. The predicted octanol–water partition coefficient (Wildman–Crippen LogP) is 5.69. The molecule has 1 saturated heterocycles. The highest BCUT2D eigenvalue weighted by atomic mass is 35.5. The predicted molar refractivity (Wildman–Crippen MR) is 138 cm³/mol. The van der Waals surface area contributed by atoms with Crippen molar-refractivity contribution in [3.63, 3.8) is 0 Å². The summed E-state index contributed by atoms with van der Waals surface area (Å²) in [6.45, 7) is 4.95. The number of halogens is 2. The first kappa shape index (κ1) is 23.2. The number of hydrogen-bond donors (Lipinski definition) is 3. The second-order valence-corrected chi connectivity index (χ2v) is 9.52. The molecule has 0 aliphatic carbocycles. The van der Waals surface area contributed by atoms with E-state index in [9.17, 15) is 9.65 Å². The smallest absolute Gasteiger partial charge is 0.148 e. The van der Waals surface area contributed by atoms with Crippen LogP contribution >= 0.6 is 11.6 Å². The standard InChI is InChI=1S/C26H27ClFN7/c1-16-17(3-5-23-21(16)12-20(13-29)31-23)15-35-9-7-19(8-10-35)32-26-25(14-30-34(26)2)33-24-6-4-18(27)11-22(24)28/h3-6,11-12,14,19,31-33H,7-10,15H2,1-2H3. The van der Waals surface area contributed by atoms with E-state index in [-0.39, 0.29) is 0 Å². The number of likely N-dealkylation sites (tertiary alicyclic amines) is 1. The minimum absolute atomic E-state index is 0.295. The van der Waals surface area contributed by atoms with E-state index in [1.165, 1.54) is 17.2 Å². The molecule has 2 aromatic carbocycles. The lowest BCUT2D eigenvalue weighted by Crippen LogP contribution is -2.39. The third-order valence-corrected chi connectivity index (χ3v) is 7.00. The number of H-pyrrole nitrogens is 1. The summed E-state index contributed by atoms with van der Waals surface area (Å²) >= 11 is 5.87. The van der Waals surface area contributed by atoms with E-state index in [1.807, 2.05) is 13.1 Å². The molecule has 0 bridgehead atoms. The van der Waals surface area contributed by atoms with Gasteiger partial charge in [0, 0.05) is 48.6 Å². The molecule has 35 heavy (non-hydrogen) atoms. The lowest BCUT2D eigenvalue weighted by atomic mass is 10.0. The molecule has 5 rings (SSSR count). The summed E-state index contributed by atoms with van der Waals surface area (Å²) in [5.41, 5.74) is 5.19. The zero-order valence-electron chi connectivity index (χ0n) is 19.7. The highest BCUT2D eigenvalue weighted by Gasteiger charge is 2.22. The van der Waals surface area contributed by atoms with E-state index < -0.39 is 5.82 Å². The minimum atomic E-state index is -0.405. The quantitative estimate of drug-likeness (QED) is 0.322. The molecular formula is C26H27ClFN7. The molecule has 3 N–H and O–H groups in total. The van der Waals surface area contributed by atoms with Crippen LogP contribution < -0.4 is 10.6 Å². The Bertz CT molecular complexity index is 1410. The fourth-order valence-corrected chi connectivity index (χ4v) is 4.89. The van der Waals surface area contributed by atoms with Crippen molar-refractivity contribution in [1.29, 1.82) is 5.26 Å². The van der Waals surface area contributed by atoms with E-state index in [0.29, 0.717) is 22.4 Å². The van der Waals surface area contributed by atoms with Gasteiger partial charge in [0.25, 0.3) is 0 Å². The van der Waals surface area contributed by atoms with Gasteiger partial charge in [0.05, 0.1) is 11.9 Å². The first-order valence-electron chi connectivity index (χ1n) is 11.7. The molecule has 0 unspecified atom stereocenters. The van der Waals surface area contributed by atoms with Gasteiger partial charge in [-0.05, 0) is 61.2 Å². The molecule has 1 aliphatic rings. The van der Waals surface area contributed by atoms with Gasteiger partial charge < -0.3 is 15.6 Å². The maximum absolute atomic E-state index is 14.3. The summed E-state index contributed by atoms with van der Waals surface area (Å²) in [4.78, 5) is 5.62. The van der Waals surface area contributed by atoms with Gasteiger partial charge in [-0.25, -0.2) is 4.39 Å². The normalized spacial score (nSPS) is 14.8. The molecule has 7 nitrogen and oxygen atoms in total. The van der Waals surface area contributed by atoms with Gasteiger partial charge in [-0.3, -0.25) is 9.58 Å². The third-order valence-electron chi connectivity index (χ3n) is 6.77. The molecule has 0 radical (unpaired) electrons. The molecule has 0 saturated carbocycles. The van der Waals surface area contributed by atoms with E-state index in [2.05, 4.69) is 50.7 Å². The maximum Gasteiger partial charge on any atom is 0.148 e. The van der Waals surface area contributed by atoms with Crippen LogP contribution in [0, 0.1) is 24.1 Å². The Morgan fingerprint density at radius 3 is 2.74 bits per heavy atom. The molecule has 1 fully saturated rings. The monoisotopic (exact) mass is 491 g/mol. The summed E-state index contributed by atoms with van der Waals surface area (Å²) in [6, 6.07) is 13.2. The molecule has 2 aromatic heterocycles. The van der Waals surface area contributed by atoms with Gasteiger partial charge in [0.2, 0.25) is 0 Å². The molecule has 1 aliphatic heterocycles. The summed E-state index contributed by atoms with van der Waals surface area (Å²) in [7, 11) is 1.87. The van der Waals surface area contributed by atoms with Crippen LogP contribution in [-0.2, 0) is 13.6 Å². The van der Waals surface area contributed by atoms with Crippen LogP contribution in [0.5, 0.6) is 0 Å². The van der Waals surface area contributed by atoms with Gasteiger partial charge in [-0.1, -0.05) is 17.7 Å². The molecule has 0 spiro atoms. The van der Waals surface area contributed by atoms with Crippen LogP contribution in [-0.4, -0.2) is 38.8 Å². The summed E-state index contributed by atoms with van der Waals surface area (Å²) in [6.07, 6.45) is 3.68. The summed E-state index contributed by atoms with van der Waals surface area (Å²) in [5, 5.41) is 21.7. The van der Waals surface area contributed by atoms with Crippen LogP contribution in [0.4, 0.5) is 21.6 Å². The van der Waals surface area contributed by atoms with Gasteiger partial charge in [-0.2, -0.15) is 10.4 Å². The van der Waals surface area contributed by atoms with Crippen molar-refractivity contribution in [2.45, 2.75) is 32.4 Å². The number of nitrogens with zero attached hydrogens (tertiary/aromatic N) is 4. The van der Waals surface area contributed by atoms with Crippen molar-refractivity contribution in [3.8, 4) is 6.07 Å². The third kappa shape index (κ3) is 4.83. The van der Waals surface area contributed by atoms with E-state index in [0.717, 1.165) is 54.9 Å². The first-order chi connectivity index (χ1) is 16.9. The van der Waals surface area contributed by atoms with Gasteiger partial charge in [-0.15, -0.1) is 0 Å². The molecule has 4 aromatic rings. The number of aromatic amines is 1. The fraction of sp³-hybridized carbons (Fsp3) is 0.308. The van der Waals surface area contributed by atoms with E-state index >= 15 is 0 Å². The zero-order valence-corrected chi connectivity index (χ0v) is 20.5. The Labute approximate surface area is 208 Å². The maximum atomic E-state index is 14.3. The number of hydrogen-bond acceptors (Lipinski definition) is 5. The number of benzene rings is 2. The molecule has 0 amide bonds. The van der Waals surface area contributed by atoms with E-state index in [4.69, 9.17) is 11.6 Å². The lowest BCUT2D eigenvalue weighted by Gasteiger charge is -2.33. The van der Waals surface area contributed by atoms with Crippen molar-refractivity contribution < 1.29 is 4.39 Å². The number of rotatable bonds is 6. The number of piperidine rings is 1. The van der Waals surface area contributed by atoms with Crippen molar-refractivity contribution in [3.05, 3.63) is 70.3 Å². The largest absolute Gasteiger partial charge is 0.366 e. The lowest BCUT2D eigenvalue weighted by molar-refractivity contribution is 0.211. The van der Waals surface area contributed by atoms with Crippen molar-refractivity contribution >= 4 is 39.7 Å². The molecule has 3 heterocycles. The van der Waals surface area contributed by atoms with Crippen molar-refractivity contribution in [1.82, 2.24) is 19.7 Å². The highest BCUT2D eigenvalue weighted by Crippen LogP contribution is 2.30. The van der Waals surface area contributed by atoms with Crippen LogP contribution in [0.15, 0.2) is 42.6 Å². The van der Waals surface area contributed by atoms with Crippen molar-refractivity contribution in [2.24, 2.45) is 7.05 Å². The van der Waals surface area contributed by atoms with Crippen molar-refractivity contribution in [2.75, 3.05) is 23.7 Å². The summed E-state index contributed by atoms with van der Waals surface area (Å²) in [5.74, 6) is 0.428. The molecule has 180 valence electrons. The van der Waals surface area contributed by atoms with Gasteiger partial charge in [0.15, 0.2) is 0 Å². The molecule has 0 atom stereocenters. The first-order valence-corrected chi connectivity index (χ1v) is 12.0. The Hall–Kier alpha value is -3.54. The second-order valence-electron chi connectivity index (χ2n) is 9.08. The summed E-state index contributed by atoms with van der Waals surface area (Å²) < 4.78 is 16.0. The Morgan fingerprint density at radius 2 is 2.00 bits per heavy atom. The van der Waals surface area contributed by atoms with Crippen LogP contribution in [0.25, 0.3) is 10.9 Å². The second kappa shape index (κ2) is 9.61. The highest BCUT2D eigenvalue weighted by molar-refractivity contribution is 6.30. The number of anilines is 3. The average Bonchev–Trinajstić information content (AvgIpc) is 3.43. The zero-order chi connectivity index (χ0) is 24.5. The van der Waals surface area contributed by atoms with Gasteiger partial charge >= 0.3 is 0 Å². The Kier molecular flexibility index (Phi) is 6.37. The number of nitriles is 1. The molecular weight excluding hydrogens is 465 g/mol. The number of aryl methyl sites for hydroxylation is 2. The van der Waals surface area contributed by atoms with E-state index in [1.54, 1.807) is 23.0 Å². The molecule has 9 heteroatoms. The fourth-order valence-electron chi connectivity index (χ4n) is 4.73. The van der Waals surface area contributed by atoms with Gasteiger partial charge in [0.1, 0.15) is 29.1 Å². The van der Waals surface area contributed by atoms with Crippen LogP contribution in [0.1, 0.15) is 29.7 Å². The van der Waals surface area contributed by atoms with Crippen LogP contribution in [0.3, 0.4) is 0 Å². The van der Waals surface area contributed by atoms with Crippen LogP contribution in [0.2, 0.25) is 5.02 Å². The Morgan fingerprint density at radius 1 is 1.20 bits per heavy atom. The Balaban J connectivity index is 1.22. The number of nitrogens with one attached hydrogen (secondary N) is 3. The topological polar surface area (TPSA) is 84.7 Å². The SMILES string of the molecule is Cc1c(CN2CCC(Nc3c(Nc4ccc(Cl)cc4F)cnn3C)CC2)ccc2[nH]c(C#N)cc12.